The van der Waals surface area contributed by atoms with Gasteiger partial charge in [-0.3, -0.25) is 0 Å². The number of nitrogens with zero attached hydrogens (tertiary/aromatic N) is 7. The van der Waals surface area contributed by atoms with Crippen molar-refractivity contribution >= 4 is 0 Å². The van der Waals surface area contributed by atoms with Crippen LogP contribution in [0, 0.1) is 55.3 Å². The maximum Gasteiger partial charge on any atom is 0.0190 e. The monoisotopic (exact) mass is 2270 g/mol. The Morgan fingerprint density at radius 3 is 0.808 bits per heavy atom. The molecule has 7 aromatic heterocycles. The zero-order valence-electron chi connectivity index (χ0n) is 67.2. The summed E-state index contributed by atoms with van der Waals surface area (Å²) < 4.78 is 0. The van der Waals surface area contributed by atoms with E-state index in [-0.39, 0.29) is 80.4 Å². The van der Waals surface area contributed by atoms with Crippen molar-refractivity contribution in [1.82, 2.24) is 34.9 Å². The van der Waals surface area contributed by atoms with Crippen LogP contribution in [0.4, 0.5) is 0 Å². The molecule has 0 unspecified atom stereocenters. The van der Waals surface area contributed by atoms with Crippen LogP contribution < -0.4 is 0 Å². The maximum atomic E-state index is 4.52. The van der Waals surface area contributed by atoms with Crippen LogP contribution in [0.3, 0.4) is 0 Å². The molecule has 18 aromatic rings. The predicted octanol–water partition coefficient (Wildman–Crippen LogP) is 27.1. The molecule has 7 heterocycles. The number of aryl methyl sites for hydroxylation is 1. The molecule has 0 N–H and O–H groups in total. The summed E-state index contributed by atoms with van der Waals surface area (Å²) in [6, 6.07) is 148. The predicted molar refractivity (Wildman–Crippen MR) is 479 cm³/mol. The SMILES string of the molecule is CC(C)Cc1ccnc(-c2[c-]ccc(-c3ccccc3)c2)c1.CC(C)c1ccc(-c2cc[c-]c(-c3ccccn3)c2)cc1.Cc1ccc(-c2[c-]ccc(-c3ccccc3)c2)nc1.[Ir].[Ir].[Ir].[Ir].[c-]1ccc(-c2ccccc2)cc1-c1ccccn1.[c-]1ccccc1-c1ccccn1.[c-]1ccccc1-c1ccccn1.[c-]1ccccc1-c1ccccn1. The minimum Gasteiger partial charge on any atom is -0.305 e. The van der Waals surface area contributed by atoms with E-state index >= 15 is 0 Å². The Bertz CT molecular complexity index is 5480. The van der Waals surface area contributed by atoms with E-state index in [0.717, 1.165) is 85.2 Å². The first-order valence-electron chi connectivity index (χ1n) is 38.8. The van der Waals surface area contributed by atoms with Gasteiger partial charge in [-0.15, -0.1) is 249 Å². The molecule has 0 fully saturated rings. The Morgan fingerprint density at radius 2 is 0.517 bits per heavy atom. The van der Waals surface area contributed by atoms with Crippen molar-refractivity contribution in [3.05, 3.63) is 479 Å². The average Bonchev–Trinajstić information content (AvgIpc) is 0.864. The molecule has 0 aliphatic heterocycles. The maximum absolute atomic E-state index is 4.52. The molecule has 0 amide bonds. The van der Waals surface area contributed by atoms with Crippen molar-refractivity contribution in [3.8, 4) is 123 Å². The third-order valence-corrected chi connectivity index (χ3v) is 18.2. The van der Waals surface area contributed by atoms with E-state index in [4.69, 9.17) is 0 Å². The number of hydrogen-bond donors (Lipinski definition) is 0. The van der Waals surface area contributed by atoms with Crippen LogP contribution in [0.2, 0.25) is 0 Å². The van der Waals surface area contributed by atoms with Crippen LogP contribution in [-0.2, 0) is 86.8 Å². The molecule has 18 rings (SSSR count). The van der Waals surface area contributed by atoms with Gasteiger partial charge in [-0.2, -0.15) is 0 Å². The van der Waals surface area contributed by atoms with Crippen molar-refractivity contribution < 1.29 is 80.4 Å². The van der Waals surface area contributed by atoms with Gasteiger partial charge in [0.15, 0.2) is 0 Å². The first-order chi connectivity index (χ1) is 57.1. The zero-order chi connectivity index (χ0) is 80.0. The van der Waals surface area contributed by atoms with E-state index in [1.165, 1.54) is 61.2 Å². The fraction of sp³-hybridized carbons (Fsp3) is 0.0734. The molecule has 602 valence electrons. The van der Waals surface area contributed by atoms with Gasteiger partial charge in [-0.1, -0.05) is 227 Å². The summed E-state index contributed by atoms with van der Waals surface area (Å²) in [7, 11) is 0. The van der Waals surface area contributed by atoms with Gasteiger partial charge in [-0.25, -0.2) is 0 Å². The summed E-state index contributed by atoms with van der Waals surface area (Å²) in [5.41, 5.74) is 27.5. The number of rotatable bonds is 14. The Hall–Kier alpha value is -11.9. The molecule has 11 aromatic carbocycles. The summed E-state index contributed by atoms with van der Waals surface area (Å²) in [5.74, 6) is 1.21. The van der Waals surface area contributed by atoms with Gasteiger partial charge in [0.2, 0.25) is 0 Å². The summed E-state index contributed by atoms with van der Waals surface area (Å²) in [6.45, 7) is 10.9. The van der Waals surface area contributed by atoms with Crippen LogP contribution in [0.15, 0.2) is 419 Å². The van der Waals surface area contributed by atoms with E-state index in [1.807, 2.05) is 250 Å². The van der Waals surface area contributed by atoms with Crippen LogP contribution in [0.25, 0.3) is 123 Å². The van der Waals surface area contributed by atoms with Crippen LogP contribution in [0.5, 0.6) is 0 Å². The largest absolute Gasteiger partial charge is 0.305 e. The third-order valence-electron chi connectivity index (χ3n) is 18.2. The van der Waals surface area contributed by atoms with E-state index in [1.54, 1.807) is 24.8 Å². The third kappa shape index (κ3) is 29.8. The normalized spacial score (nSPS) is 9.96. The van der Waals surface area contributed by atoms with Gasteiger partial charge in [0.25, 0.3) is 0 Å². The molecule has 0 bridgehead atoms. The molecule has 0 saturated carbocycles. The second-order valence-corrected chi connectivity index (χ2v) is 27.6. The fourth-order valence-electron chi connectivity index (χ4n) is 12.2. The van der Waals surface area contributed by atoms with E-state index in [2.05, 4.69) is 257 Å². The molecule has 0 spiro atoms. The van der Waals surface area contributed by atoms with Crippen LogP contribution in [-0.4, -0.2) is 34.9 Å². The van der Waals surface area contributed by atoms with Crippen molar-refractivity contribution in [2.45, 2.75) is 47.0 Å². The second-order valence-electron chi connectivity index (χ2n) is 27.6. The summed E-state index contributed by atoms with van der Waals surface area (Å²) >= 11 is 0. The number of hydrogen-bond acceptors (Lipinski definition) is 7. The number of pyridine rings is 7. The van der Waals surface area contributed by atoms with Gasteiger partial charge in [0.1, 0.15) is 0 Å². The van der Waals surface area contributed by atoms with Crippen LogP contribution in [0.1, 0.15) is 50.3 Å². The molecule has 0 aliphatic rings. The minimum absolute atomic E-state index is 0. The molecule has 7 nitrogen and oxygen atoms in total. The van der Waals surface area contributed by atoms with Crippen molar-refractivity contribution in [3.63, 3.8) is 0 Å². The summed E-state index contributed by atoms with van der Waals surface area (Å²) in [4.78, 5) is 30.4. The quantitative estimate of drug-likeness (QED) is 0.100. The van der Waals surface area contributed by atoms with Crippen molar-refractivity contribution in [2.24, 2.45) is 5.92 Å². The zero-order valence-corrected chi connectivity index (χ0v) is 76.7. The molecule has 120 heavy (non-hydrogen) atoms. The molecular weight excluding hydrogens is 2180 g/mol. The molecule has 11 heteroatoms. The van der Waals surface area contributed by atoms with E-state index < -0.39 is 0 Å². The van der Waals surface area contributed by atoms with Crippen molar-refractivity contribution in [2.75, 3.05) is 0 Å². The first-order valence-corrected chi connectivity index (χ1v) is 38.8. The topological polar surface area (TPSA) is 90.2 Å². The van der Waals surface area contributed by atoms with E-state index in [9.17, 15) is 0 Å². The van der Waals surface area contributed by atoms with Gasteiger partial charge >= 0.3 is 0 Å². The summed E-state index contributed by atoms with van der Waals surface area (Å²) in [6.07, 6.45) is 13.8. The Balaban J connectivity index is 0.000000175. The Morgan fingerprint density at radius 1 is 0.225 bits per heavy atom. The molecule has 0 aliphatic carbocycles. The van der Waals surface area contributed by atoms with Gasteiger partial charge < -0.3 is 34.9 Å². The van der Waals surface area contributed by atoms with Crippen LogP contribution >= 0.6 is 0 Å². The standard InChI is InChI=1S/C21H20N.C20H18N.C18H14N.C17H12N.3C11H8N.4Ir/c1-16(2)13-17-11-12-22-21(14-17)20-10-6-9-19(15-20)18-7-4-3-5-8-18;1-15(2)16-9-11-17(12-10-16)18-6-5-7-19(14-18)20-8-3-4-13-21-20;1-14-10-11-18(19-13-14)17-9-5-8-16(12-17)15-6-3-2-4-7-15;1-2-7-14(8-3-1)15-9-6-10-16(13-15)17-11-4-5-12-18-17;3*1-2-6-10(7-3-1)11-8-4-5-9-12-11;;;;/h3-9,11-12,14-16H,13H2,1-2H3;3-6,8-15H,1-2H3;2-8,10-13H,1H3;1-9,11-13H;3*1-6,8-9H;;;;/q7*-1;;;;. The smallest absolute Gasteiger partial charge is 0.0190 e. The molecule has 0 saturated heterocycles. The molecule has 0 atom stereocenters. The fourth-order valence-corrected chi connectivity index (χ4v) is 12.2. The molecular formula is C109H88Ir4N7-7. The Labute approximate surface area is 763 Å². The Kier molecular flexibility index (Phi) is 40.1. The van der Waals surface area contributed by atoms with Crippen molar-refractivity contribution in [1.29, 1.82) is 0 Å². The number of aromatic nitrogens is 7. The molecule has 4 radical (unpaired) electrons. The van der Waals surface area contributed by atoms with Gasteiger partial charge in [0.05, 0.1) is 0 Å². The average molecular weight is 2260 g/mol. The van der Waals surface area contributed by atoms with Gasteiger partial charge in [0, 0.05) is 124 Å². The number of benzene rings is 11. The first kappa shape index (κ1) is 93.6. The minimum atomic E-state index is 0. The summed E-state index contributed by atoms with van der Waals surface area (Å²) in [5, 5.41) is 0. The van der Waals surface area contributed by atoms with Gasteiger partial charge in [-0.05, 0) is 135 Å². The van der Waals surface area contributed by atoms with E-state index in [0.29, 0.717) is 11.8 Å². The second kappa shape index (κ2) is 51.4.